The fourth-order valence-corrected chi connectivity index (χ4v) is 3.23. The van der Waals surface area contributed by atoms with E-state index >= 15 is 0 Å². The smallest absolute Gasteiger partial charge is 0.235 e. The van der Waals surface area contributed by atoms with Crippen LogP contribution in [-0.2, 0) is 27.9 Å². The van der Waals surface area contributed by atoms with Crippen molar-refractivity contribution in [2.24, 2.45) is 0 Å². The summed E-state index contributed by atoms with van der Waals surface area (Å²) in [6.45, 7) is 2.10. The predicted molar refractivity (Wildman–Crippen MR) is 85.7 cm³/mol. The van der Waals surface area contributed by atoms with E-state index < -0.39 is 16.0 Å². The molecular formula is C15H19N5O2S. The Bertz CT molecular complexity index is 699. The first kappa shape index (κ1) is 15.8. The van der Waals surface area contributed by atoms with E-state index in [1.807, 2.05) is 30.3 Å². The van der Waals surface area contributed by atoms with Gasteiger partial charge in [-0.2, -0.15) is 0 Å². The molecule has 1 N–H and O–H groups in total. The van der Waals surface area contributed by atoms with Crippen LogP contribution in [0.15, 0.2) is 30.3 Å². The first-order valence-electron chi connectivity index (χ1n) is 7.60. The second-order valence-corrected chi connectivity index (χ2v) is 7.40. The highest BCUT2D eigenvalue weighted by molar-refractivity contribution is 7.85. The number of amides is 1. The van der Waals surface area contributed by atoms with E-state index in [1.165, 1.54) is 0 Å². The van der Waals surface area contributed by atoms with Gasteiger partial charge in [-0.15, -0.1) is 5.10 Å². The molecule has 7 nitrogen and oxygen atoms in total. The number of aromatic nitrogens is 4. The van der Waals surface area contributed by atoms with Gasteiger partial charge in [0, 0.05) is 17.3 Å². The highest BCUT2D eigenvalue weighted by Gasteiger charge is 2.29. The van der Waals surface area contributed by atoms with Gasteiger partial charge in [-0.1, -0.05) is 30.3 Å². The molecule has 1 aromatic heterocycles. The molecule has 1 saturated carbocycles. The van der Waals surface area contributed by atoms with Crippen molar-refractivity contribution >= 4 is 16.7 Å². The molecule has 23 heavy (non-hydrogen) atoms. The van der Waals surface area contributed by atoms with Crippen LogP contribution in [-0.4, -0.2) is 35.6 Å². The van der Waals surface area contributed by atoms with Gasteiger partial charge in [-0.25, -0.2) is 4.68 Å². The average molecular weight is 333 g/mol. The second kappa shape index (κ2) is 6.99. The quantitative estimate of drug-likeness (QED) is 0.815. The maximum Gasteiger partial charge on any atom is 0.235 e. The van der Waals surface area contributed by atoms with E-state index in [0.717, 1.165) is 18.4 Å². The molecule has 1 aliphatic rings. The number of hydrogen-bond acceptors (Lipinski definition) is 5. The molecular weight excluding hydrogens is 314 g/mol. The molecule has 8 heteroatoms. The molecule has 3 rings (SSSR count). The molecule has 1 aromatic carbocycles. The lowest BCUT2D eigenvalue weighted by Crippen LogP contribution is -2.35. The number of nitrogens with one attached hydrogen (secondary N) is 1. The Morgan fingerprint density at radius 2 is 2.13 bits per heavy atom. The van der Waals surface area contributed by atoms with Crippen LogP contribution < -0.4 is 5.32 Å². The monoisotopic (exact) mass is 333 g/mol. The Morgan fingerprint density at radius 3 is 2.83 bits per heavy atom. The van der Waals surface area contributed by atoms with Gasteiger partial charge in [0.05, 0.1) is 11.8 Å². The van der Waals surface area contributed by atoms with Crippen molar-refractivity contribution in [2.75, 3.05) is 0 Å². The zero-order valence-electron chi connectivity index (χ0n) is 12.9. The normalized spacial score (nSPS) is 16.7. The van der Waals surface area contributed by atoms with Crippen molar-refractivity contribution in [1.29, 1.82) is 0 Å². The van der Waals surface area contributed by atoms with Gasteiger partial charge >= 0.3 is 0 Å². The van der Waals surface area contributed by atoms with Crippen LogP contribution in [0.4, 0.5) is 0 Å². The minimum Gasteiger partial charge on any atom is -0.351 e. The van der Waals surface area contributed by atoms with Crippen LogP contribution in [0.3, 0.4) is 0 Å². The van der Waals surface area contributed by atoms with E-state index in [2.05, 4.69) is 20.8 Å². The molecule has 1 fully saturated rings. The highest BCUT2D eigenvalue weighted by Crippen LogP contribution is 2.34. The van der Waals surface area contributed by atoms with Crippen molar-refractivity contribution in [2.45, 2.75) is 43.4 Å². The molecule has 0 spiro atoms. The summed E-state index contributed by atoms with van der Waals surface area (Å²) >= 11 is 0. The highest BCUT2D eigenvalue weighted by atomic mass is 32.2. The second-order valence-electron chi connectivity index (χ2n) is 5.64. The van der Waals surface area contributed by atoms with Crippen molar-refractivity contribution in [3.8, 4) is 0 Å². The van der Waals surface area contributed by atoms with Crippen molar-refractivity contribution in [3.63, 3.8) is 0 Å². The summed E-state index contributed by atoms with van der Waals surface area (Å²) in [5.74, 6) is 0.565. The van der Waals surface area contributed by atoms with Crippen molar-refractivity contribution in [1.82, 2.24) is 25.5 Å². The zero-order valence-corrected chi connectivity index (χ0v) is 13.7. The summed E-state index contributed by atoms with van der Waals surface area (Å²) in [6.07, 6.45) is 2.11. The molecule has 0 unspecified atom stereocenters. The van der Waals surface area contributed by atoms with E-state index in [9.17, 15) is 9.00 Å². The third-order valence-electron chi connectivity index (χ3n) is 3.80. The molecule has 0 saturated heterocycles. The minimum atomic E-state index is -1.36. The zero-order chi connectivity index (χ0) is 16.2. The maximum atomic E-state index is 12.4. The van der Waals surface area contributed by atoms with Crippen LogP contribution in [0, 0.1) is 0 Å². The summed E-state index contributed by atoms with van der Waals surface area (Å²) in [4.78, 5) is 12.2. The number of nitrogens with zero attached hydrogens (tertiary/aromatic N) is 4. The van der Waals surface area contributed by atoms with E-state index in [4.69, 9.17) is 0 Å². The summed E-state index contributed by atoms with van der Waals surface area (Å²) in [5, 5.41) is 13.7. The average Bonchev–Trinajstić information content (AvgIpc) is 3.32. The third kappa shape index (κ3) is 4.01. The molecule has 1 aliphatic carbocycles. The lowest BCUT2D eigenvalue weighted by Gasteiger charge is -2.12. The Morgan fingerprint density at radius 1 is 1.39 bits per heavy atom. The first-order chi connectivity index (χ1) is 11.1. The largest absolute Gasteiger partial charge is 0.351 e. The van der Waals surface area contributed by atoms with Gasteiger partial charge in [0.1, 0.15) is 5.25 Å². The molecule has 0 bridgehead atoms. The molecule has 122 valence electrons. The van der Waals surface area contributed by atoms with Gasteiger partial charge in [0.25, 0.3) is 0 Å². The standard InChI is InChI=1S/C15H19N5O2S/c1-11(15(21)16-9-12-5-3-2-4-6-12)23(22)10-14-17-18-19-20(14)13-7-8-13/h2-6,11,13H,7-10H2,1H3,(H,16,21)/t11-,23-/m0/s1. The number of tetrazole rings is 1. The van der Waals surface area contributed by atoms with Crippen LogP contribution in [0.25, 0.3) is 0 Å². The summed E-state index contributed by atoms with van der Waals surface area (Å²) in [7, 11) is -1.36. The number of carbonyl (C=O) groups is 1. The van der Waals surface area contributed by atoms with Gasteiger partial charge in [-0.05, 0) is 35.8 Å². The van der Waals surface area contributed by atoms with E-state index in [-0.39, 0.29) is 11.7 Å². The SMILES string of the molecule is C[C@@H](C(=O)NCc1ccccc1)[S@@](=O)Cc1nnnn1C1CC1. The Kier molecular flexibility index (Phi) is 4.80. The molecule has 1 amide bonds. The Labute approximate surface area is 136 Å². The first-order valence-corrected chi connectivity index (χ1v) is 8.99. The molecule has 0 radical (unpaired) electrons. The maximum absolute atomic E-state index is 12.4. The van der Waals surface area contributed by atoms with Crippen LogP contribution >= 0.6 is 0 Å². The lowest BCUT2D eigenvalue weighted by molar-refractivity contribution is -0.120. The fraction of sp³-hybridized carbons (Fsp3) is 0.467. The topological polar surface area (TPSA) is 89.8 Å². The van der Waals surface area contributed by atoms with Crippen LogP contribution in [0.5, 0.6) is 0 Å². The number of benzene rings is 1. The third-order valence-corrected chi connectivity index (χ3v) is 5.34. The number of hydrogen-bond donors (Lipinski definition) is 1. The summed E-state index contributed by atoms with van der Waals surface area (Å²) in [5.41, 5.74) is 1.01. The summed E-state index contributed by atoms with van der Waals surface area (Å²) < 4.78 is 14.1. The molecule has 2 aromatic rings. The molecule has 1 heterocycles. The van der Waals surface area contributed by atoms with Gasteiger partial charge in [0.2, 0.25) is 5.91 Å². The summed E-state index contributed by atoms with van der Waals surface area (Å²) in [6, 6.07) is 9.96. The van der Waals surface area contributed by atoms with E-state index in [1.54, 1.807) is 11.6 Å². The molecule has 0 aliphatic heterocycles. The van der Waals surface area contributed by atoms with Crippen molar-refractivity contribution < 1.29 is 9.00 Å². The van der Waals surface area contributed by atoms with Gasteiger partial charge < -0.3 is 5.32 Å². The molecule has 2 atom stereocenters. The minimum absolute atomic E-state index is 0.198. The lowest BCUT2D eigenvalue weighted by atomic mass is 10.2. The van der Waals surface area contributed by atoms with Crippen LogP contribution in [0.1, 0.15) is 37.2 Å². The Balaban J connectivity index is 1.54. The predicted octanol–water partition coefficient (Wildman–Crippen LogP) is 0.962. The van der Waals surface area contributed by atoms with E-state index in [0.29, 0.717) is 18.4 Å². The van der Waals surface area contributed by atoms with Crippen LogP contribution in [0.2, 0.25) is 0 Å². The van der Waals surface area contributed by atoms with Crippen molar-refractivity contribution in [3.05, 3.63) is 41.7 Å². The van der Waals surface area contributed by atoms with Gasteiger partial charge in [-0.3, -0.25) is 9.00 Å². The number of carbonyl (C=O) groups excluding carboxylic acids is 1. The fourth-order valence-electron chi connectivity index (χ4n) is 2.21. The Hall–Kier alpha value is -2.09. The number of rotatable bonds is 7. The van der Waals surface area contributed by atoms with Gasteiger partial charge in [0.15, 0.2) is 5.82 Å².